The average molecular weight is 222 g/mol. The predicted molar refractivity (Wildman–Crippen MR) is 64.9 cm³/mol. The number of hydrogen-bond acceptors (Lipinski definition) is 3. The number of aromatic nitrogens is 2. The van der Waals surface area contributed by atoms with E-state index in [1.54, 1.807) is 0 Å². The topological polar surface area (TPSA) is 47.1 Å². The van der Waals surface area contributed by atoms with E-state index in [-0.39, 0.29) is 0 Å². The molecule has 0 atom stereocenters. The standard InChI is InChI=1S/C12H22N4/c1-12(10-13)4-7-16(8-5-12)9-11-3-6-15(2)14-11/h3,6H,4-5,7-10,13H2,1-2H3. The zero-order valence-corrected chi connectivity index (χ0v) is 10.3. The average Bonchev–Trinajstić information content (AvgIpc) is 2.68. The first kappa shape index (κ1) is 11.6. The van der Waals surface area contributed by atoms with Crippen LogP contribution in [0.5, 0.6) is 0 Å². The molecule has 0 bridgehead atoms. The van der Waals surface area contributed by atoms with Gasteiger partial charge < -0.3 is 5.73 Å². The Bertz CT molecular complexity index is 337. The van der Waals surface area contributed by atoms with Gasteiger partial charge in [-0.25, -0.2) is 0 Å². The summed E-state index contributed by atoms with van der Waals surface area (Å²) in [5, 5.41) is 4.41. The smallest absolute Gasteiger partial charge is 0.0764 e. The van der Waals surface area contributed by atoms with Crippen molar-refractivity contribution in [2.24, 2.45) is 18.2 Å². The molecule has 4 heteroatoms. The van der Waals surface area contributed by atoms with Gasteiger partial charge in [-0.1, -0.05) is 6.92 Å². The molecule has 4 nitrogen and oxygen atoms in total. The summed E-state index contributed by atoms with van der Waals surface area (Å²) in [5.74, 6) is 0. The Morgan fingerprint density at radius 2 is 2.12 bits per heavy atom. The van der Waals surface area contributed by atoms with Gasteiger partial charge in [-0.15, -0.1) is 0 Å². The minimum Gasteiger partial charge on any atom is -0.330 e. The van der Waals surface area contributed by atoms with Crippen molar-refractivity contribution >= 4 is 0 Å². The van der Waals surface area contributed by atoms with Gasteiger partial charge in [0, 0.05) is 19.8 Å². The fourth-order valence-corrected chi connectivity index (χ4v) is 2.23. The van der Waals surface area contributed by atoms with Gasteiger partial charge in [0.05, 0.1) is 5.69 Å². The maximum atomic E-state index is 5.80. The Kier molecular flexibility index (Phi) is 3.30. The summed E-state index contributed by atoms with van der Waals surface area (Å²) >= 11 is 0. The van der Waals surface area contributed by atoms with Gasteiger partial charge in [-0.05, 0) is 44.0 Å². The van der Waals surface area contributed by atoms with E-state index in [0.717, 1.165) is 26.2 Å². The van der Waals surface area contributed by atoms with Crippen molar-refractivity contribution in [3.05, 3.63) is 18.0 Å². The Labute approximate surface area is 97.4 Å². The first-order chi connectivity index (χ1) is 7.61. The summed E-state index contributed by atoms with van der Waals surface area (Å²) < 4.78 is 1.86. The van der Waals surface area contributed by atoms with Gasteiger partial charge in [0.1, 0.15) is 0 Å². The van der Waals surface area contributed by atoms with Crippen LogP contribution in [0.15, 0.2) is 12.3 Å². The summed E-state index contributed by atoms with van der Waals surface area (Å²) in [5.41, 5.74) is 7.33. The largest absolute Gasteiger partial charge is 0.330 e. The lowest BCUT2D eigenvalue weighted by atomic mass is 9.80. The minimum absolute atomic E-state index is 0.362. The van der Waals surface area contributed by atoms with Crippen molar-refractivity contribution in [3.63, 3.8) is 0 Å². The molecular weight excluding hydrogens is 200 g/mol. The van der Waals surface area contributed by atoms with E-state index in [2.05, 4.69) is 23.0 Å². The van der Waals surface area contributed by atoms with Gasteiger partial charge in [-0.3, -0.25) is 9.58 Å². The van der Waals surface area contributed by atoms with Crippen molar-refractivity contribution in [1.82, 2.24) is 14.7 Å². The maximum Gasteiger partial charge on any atom is 0.0764 e. The van der Waals surface area contributed by atoms with Crippen LogP contribution in [0.3, 0.4) is 0 Å². The minimum atomic E-state index is 0.362. The van der Waals surface area contributed by atoms with Crippen molar-refractivity contribution in [3.8, 4) is 0 Å². The van der Waals surface area contributed by atoms with E-state index in [9.17, 15) is 0 Å². The monoisotopic (exact) mass is 222 g/mol. The molecule has 2 rings (SSSR count). The van der Waals surface area contributed by atoms with Gasteiger partial charge in [0.2, 0.25) is 0 Å². The number of likely N-dealkylation sites (tertiary alicyclic amines) is 1. The van der Waals surface area contributed by atoms with Crippen LogP contribution < -0.4 is 5.73 Å². The first-order valence-electron chi connectivity index (χ1n) is 6.02. The highest BCUT2D eigenvalue weighted by Crippen LogP contribution is 2.29. The molecule has 1 saturated heterocycles. The summed E-state index contributed by atoms with van der Waals surface area (Å²) in [4.78, 5) is 2.47. The lowest BCUT2D eigenvalue weighted by molar-refractivity contribution is 0.118. The molecule has 1 aromatic heterocycles. The number of rotatable bonds is 3. The summed E-state index contributed by atoms with van der Waals surface area (Å²) in [6, 6.07) is 2.09. The Morgan fingerprint density at radius 3 is 2.62 bits per heavy atom. The van der Waals surface area contributed by atoms with Crippen LogP contribution in [0.4, 0.5) is 0 Å². The second-order valence-electron chi connectivity index (χ2n) is 5.27. The number of nitrogens with two attached hydrogens (primary N) is 1. The van der Waals surface area contributed by atoms with Gasteiger partial charge in [-0.2, -0.15) is 5.10 Å². The highest BCUT2D eigenvalue weighted by Gasteiger charge is 2.28. The molecule has 0 saturated carbocycles. The molecule has 90 valence electrons. The first-order valence-corrected chi connectivity index (χ1v) is 6.02. The highest BCUT2D eigenvalue weighted by atomic mass is 15.3. The third-order valence-electron chi connectivity index (χ3n) is 3.71. The van der Waals surface area contributed by atoms with Crippen molar-refractivity contribution in [1.29, 1.82) is 0 Å². The molecule has 2 heterocycles. The molecule has 1 aliphatic heterocycles. The van der Waals surface area contributed by atoms with E-state index < -0.39 is 0 Å². The SMILES string of the molecule is Cn1ccc(CN2CCC(C)(CN)CC2)n1. The van der Waals surface area contributed by atoms with E-state index in [1.165, 1.54) is 18.5 Å². The lowest BCUT2D eigenvalue weighted by Gasteiger charge is -2.38. The van der Waals surface area contributed by atoms with Crippen molar-refractivity contribution < 1.29 is 0 Å². The van der Waals surface area contributed by atoms with Crippen LogP contribution in [-0.2, 0) is 13.6 Å². The molecule has 1 fully saturated rings. The molecule has 1 aliphatic rings. The quantitative estimate of drug-likeness (QED) is 0.829. The van der Waals surface area contributed by atoms with Crippen molar-refractivity contribution in [2.45, 2.75) is 26.3 Å². The Balaban J connectivity index is 1.86. The third-order valence-corrected chi connectivity index (χ3v) is 3.71. The number of piperidine rings is 1. The molecular formula is C12H22N4. The molecule has 16 heavy (non-hydrogen) atoms. The van der Waals surface area contributed by atoms with E-state index in [1.807, 2.05) is 17.9 Å². The third kappa shape index (κ3) is 2.62. The van der Waals surface area contributed by atoms with Crippen LogP contribution >= 0.6 is 0 Å². The normalized spacial score (nSPS) is 21.2. The van der Waals surface area contributed by atoms with E-state index in [4.69, 9.17) is 5.73 Å². The van der Waals surface area contributed by atoms with Gasteiger partial charge >= 0.3 is 0 Å². The highest BCUT2D eigenvalue weighted by molar-refractivity contribution is 4.99. The summed E-state index contributed by atoms with van der Waals surface area (Å²) in [7, 11) is 1.96. The van der Waals surface area contributed by atoms with Crippen LogP contribution in [0.2, 0.25) is 0 Å². The number of aryl methyl sites for hydroxylation is 1. The fraction of sp³-hybridized carbons (Fsp3) is 0.750. The summed E-state index contributed by atoms with van der Waals surface area (Å²) in [6.45, 7) is 6.37. The van der Waals surface area contributed by atoms with E-state index >= 15 is 0 Å². The maximum absolute atomic E-state index is 5.80. The second kappa shape index (κ2) is 4.55. The van der Waals surface area contributed by atoms with Crippen LogP contribution in [0.1, 0.15) is 25.5 Å². The molecule has 0 aromatic carbocycles. The molecule has 0 amide bonds. The van der Waals surface area contributed by atoms with Gasteiger partial charge in [0.15, 0.2) is 0 Å². The predicted octanol–water partition coefficient (Wildman–Crippen LogP) is 0.981. The second-order valence-corrected chi connectivity index (χ2v) is 5.27. The molecule has 0 unspecified atom stereocenters. The number of nitrogens with zero attached hydrogens (tertiary/aromatic N) is 3. The van der Waals surface area contributed by atoms with Crippen LogP contribution in [0.25, 0.3) is 0 Å². The molecule has 1 aromatic rings. The molecule has 2 N–H and O–H groups in total. The lowest BCUT2D eigenvalue weighted by Crippen LogP contribution is -2.41. The molecule has 0 aliphatic carbocycles. The van der Waals surface area contributed by atoms with Crippen LogP contribution in [0, 0.1) is 5.41 Å². The summed E-state index contributed by atoms with van der Waals surface area (Å²) in [6.07, 6.45) is 4.41. The number of hydrogen-bond donors (Lipinski definition) is 1. The zero-order valence-electron chi connectivity index (χ0n) is 10.3. The zero-order chi connectivity index (χ0) is 11.6. The van der Waals surface area contributed by atoms with Crippen LogP contribution in [-0.4, -0.2) is 34.3 Å². The van der Waals surface area contributed by atoms with Crippen molar-refractivity contribution in [2.75, 3.05) is 19.6 Å². The molecule has 0 radical (unpaired) electrons. The van der Waals surface area contributed by atoms with E-state index in [0.29, 0.717) is 5.41 Å². The Morgan fingerprint density at radius 1 is 1.44 bits per heavy atom. The molecule has 0 spiro atoms. The Hall–Kier alpha value is -0.870. The van der Waals surface area contributed by atoms with Gasteiger partial charge in [0.25, 0.3) is 0 Å². The fourth-order valence-electron chi connectivity index (χ4n) is 2.23.